The third-order valence-corrected chi connectivity index (χ3v) is 3.12. The first-order chi connectivity index (χ1) is 9.53. The maximum Gasteiger partial charge on any atom is 0.389 e. The van der Waals surface area contributed by atoms with Crippen LogP contribution in [0.4, 0.5) is 22.0 Å². The number of halogens is 5. The fourth-order valence-electron chi connectivity index (χ4n) is 1.72. The zero-order valence-electron chi connectivity index (χ0n) is 11.3. The molecule has 1 N–H and O–H groups in total. The molecule has 0 aliphatic heterocycles. The first-order valence-electron chi connectivity index (χ1n) is 5.98. The lowest BCUT2D eigenvalue weighted by Crippen LogP contribution is -2.07. The average molecular weight is 308 g/mol. The van der Waals surface area contributed by atoms with E-state index in [4.69, 9.17) is 5.11 Å². The first-order valence-corrected chi connectivity index (χ1v) is 5.98. The van der Waals surface area contributed by atoms with E-state index < -0.39 is 35.8 Å². The van der Waals surface area contributed by atoms with Gasteiger partial charge in [-0.25, -0.2) is 13.6 Å². The summed E-state index contributed by atoms with van der Waals surface area (Å²) in [7, 11) is 0. The second-order valence-electron chi connectivity index (χ2n) is 4.65. The molecule has 2 nitrogen and oxygen atoms in total. The summed E-state index contributed by atoms with van der Waals surface area (Å²) in [4.78, 5) is 10.8. The summed E-state index contributed by atoms with van der Waals surface area (Å²) < 4.78 is 63.1. The van der Waals surface area contributed by atoms with Crippen LogP contribution in [0.2, 0.25) is 0 Å². The van der Waals surface area contributed by atoms with Gasteiger partial charge in [0.1, 0.15) is 0 Å². The molecule has 0 bridgehead atoms. The molecule has 1 aromatic rings. The van der Waals surface area contributed by atoms with Crippen LogP contribution in [0.25, 0.3) is 5.57 Å². The van der Waals surface area contributed by atoms with E-state index in [-0.39, 0.29) is 12.0 Å². The molecule has 0 spiro atoms. The molecular weight excluding hydrogens is 295 g/mol. The van der Waals surface area contributed by atoms with Crippen molar-refractivity contribution in [3.05, 3.63) is 40.5 Å². The number of carbonyl (C=O) groups is 1. The van der Waals surface area contributed by atoms with Crippen LogP contribution in [0.3, 0.4) is 0 Å². The summed E-state index contributed by atoms with van der Waals surface area (Å²) in [6.07, 6.45) is -5.65. The van der Waals surface area contributed by atoms with Gasteiger partial charge in [0.25, 0.3) is 0 Å². The van der Waals surface area contributed by atoms with Crippen molar-refractivity contribution in [3.8, 4) is 0 Å². The van der Waals surface area contributed by atoms with Gasteiger partial charge in [0, 0.05) is 6.42 Å². The number of alkyl halides is 3. The molecule has 0 unspecified atom stereocenters. The molecule has 0 amide bonds. The largest absolute Gasteiger partial charge is 0.478 e. The van der Waals surface area contributed by atoms with Gasteiger partial charge >= 0.3 is 12.1 Å². The summed E-state index contributed by atoms with van der Waals surface area (Å²) in [5, 5.41) is 8.77. The smallest absolute Gasteiger partial charge is 0.389 e. The lowest BCUT2D eigenvalue weighted by molar-refractivity contribution is -0.133. The number of hydrogen-bond donors (Lipinski definition) is 1. The zero-order chi connectivity index (χ0) is 16.4. The van der Waals surface area contributed by atoms with Crippen molar-refractivity contribution < 1.29 is 31.9 Å². The molecule has 0 heterocycles. The van der Waals surface area contributed by atoms with E-state index >= 15 is 0 Å². The third kappa shape index (κ3) is 4.54. The molecule has 1 aromatic carbocycles. The summed E-state index contributed by atoms with van der Waals surface area (Å²) >= 11 is 0. The van der Waals surface area contributed by atoms with E-state index in [0.29, 0.717) is 11.1 Å². The van der Waals surface area contributed by atoms with Crippen molar-refractivity contribution >= 4 is 11.5 Å². The fraction of sp³-hybridized carbons (Fsp3) is 0.357. The van der Waals surface area contributed by atoms with Crippen LogP contribution in [0.5, 0.6) is 0 Å². The van der Waals surface area contributed by atoms with Crippen LogP contribution >= 0.6 is 0 Å². The fourth-order valence-corrected chi connectivity index (χ4v) is 1.72. The molecule has 0 aromatic heterocycles. The molecule has 1 rings (SSSR count). The van der Waals surface area contributed by atoms with Gasteiger partial charge in [-0.2, -0.15) is 13.2 Å². The summed E-state index contributed by atoms with van der Waals surface area (Å²) in [6.45, 7) is 2.87. The normalized spacial score (nSPS) is 13.1. The van der Waals surface area contributed by atoms with Gasteiger partial charge in [-0.15, -0.1) is 0 Å². The van der Waals surface area contributed by atoms with Gasteiger partial charge in [0.15, 0.2) is 11.6 Å². The molecule has 0 fully saturated rings. The Balaban J connectivity index is 3.17. The minimum atomic E-state index is -4.32. The van der Waals surface area contributed by atoms with Crippen LogP contribution in [0, 0.1) is 11.6 Å². The van der Waals surface area contributed by atoms with Crippen LogP contribution in [0.15, 0.2) is 17.7 Å². The molecule has 0 aliphatic rings. The Morgan fingerprint density at radius 3 is 2.24 bits per heavy atom. The van der Waals surface area contributed by atoms with Gasteiger partial charge in [-0.3, -0.25) is 0 Å². The molecular formula is C14H13F5O2. The van der Waals surface area contributed by atoms with E-state index in [2.05, 4.69) is 0 Å². The van der Waals surface area contributed by atoms with Crippen molar-refractivity contribution in [2.24, 2.45) is 0 Å². The zero-order valence-corrected chi connectivity index (χ0v) is 11.3. The monoisotopic (exact) mass is 308 g/mol. The molecule has 0 radical (unpaired) electrons. The molecule has 0 saturated heterocycles. The first kappa shape index (κ1) is 17.1. The minimum Gasteiger partial charge on any atom is -0.478 e. The summed E-state index contributed by atoms with van der Waals surface area (Å²) in [5.41, 5.74) is -0.186. The van der Waals surface area contributed by atoms with Gasteiger partial charge < -0.3 is 5.11 Å². The minimum absolute atomic E-state index is 0.0472. The Morgan fingerprint density at radius 1 is 1.19 bits per heavy atom. The predicted octanol–water partition coefficient (Wildman–Crippen LogP) is 4.80. The highest BCUT2D eigenvalue weighted by molar-refractivity contribution is 5.89. The molecule has 0 aliphatic carbocycles. The van der Waals surface area contributed by atoms with Crippen molar-refractivity contribution in [2.45, 2.75) is 32.9 Å². The van der Waals surface area contributed by atoms with Gasteiger partial charge in [-0.1, -0.05) is 5.57 Å². The highest BCUT2D eigenvalue weighted by Gasteiger charge is 2.26. The van der Waals surface area contributed by atoms with Crippen molar-refractivity contribution in [2.75, 3.05) is 0 Å². The molecule has 21 heavy (non-hydrogen) atoms. The molecule has 116 valence electrons. The van der Waals surface area contributed by atoms with Gasteiger partial charge in [0.2, 0.25) is 0 Å². The van der Waals surface area contributed by atoms with Crippen LogP contribution in [0.1, 0.15) is 42.6 Å². The Hall–Kier alpha value is -1.92. The summed E-state index contributed by atoms with van der Waals surface area (Å²) in [6, 6.07) is 1.68. The van der Waals surface area contributed by atoms with Crippen molar-refractivity contribution in [1.29, 1.82) is 0 Å². The van der Waals surface area contributed by atoms with Crippen LogP contribution < -0.4 is 0 Å². The van der Waals surface area contributed by atoms with Crippen molar-refractivity contribution in [3.63, 3.8) is 0 Å². The maximum absolute atomic E-state index is 13.4. The Morgan fingerprint density at radius 2 is 1.76 bits per heavy atom. The second-order valence-corrected chi connectivity index (χ2v) is 4.65. The average Bonchev–Trinajstić information content (AvgIpc) is 2.36. The number of benzene rings is 1. The predicted molar refractivity (Wildman–Crippen MR) is 66.9 cm³/mol. The standard InChI is InChI=1S/C14H13F5O2/c1-7(3-4-14(17,18)19)8(2)9-5-10(13(20)21)12(16)11(15)6-9/h5-6H,3-4H2,1-2H3,(H,20,21). The quantitative estimate of drug-likeness (QED) is 0.811. The highest BCUT2D eigenvalue weighted by Crippen LogP contribution is 2.29. The van der Waals surface area contributed by atoms with Gasteiger partial charge in [0.05, 0.1) is 5.56 Å². The SMILES string of the molecule is CC(CCC(F)(F)F)=C(C)c1cc(F)c(F)c(C(=O)O)c1. The van der Waals surface area contributed by atoms with Gasteiger partial charge in [-0.05, 0) is 43.5 Å². The van der Waals surface area contributed by atoms with Crippen molar-refractivity contribution in [1.82, 2.24) is 0 Å². The lowest BCUT2D eigenvalue weighted by atomic mass is 9.97. The number of allylic oxidation sites excluding steroid dienone is 2. The summed E-state index contributed by atoms with van der Waals surface area (Å²) in [5.74, 6) is -4.49. The molecule has 7 heteroatoms. The number of hydrogen-bond acceptors (Lipinski definition) is 1. The van der Waals surface area contributed by atoms with Crippen LogP contribution in [-0.2, 0) is 0 Å². The van der Waals surface area contributed by atoms with Crippen LogP contribution in [-0.4, -0.2) is 17.3 Å². The highest BCUT2D eigenvalue weighted by atomic mass is 19.4. The van der Waals surface area contributed by atoms with E-state index in [1.165, 1.54) is 13.8 Å². The number of carboxylic acids is 1. The van der Waals surface area contributed by atoms with E-state index in [9.17, 15) is 26.7 Å². The molecule has 0 atom stereocenters. The Kier molecular flexibility index (Phi) is 5.09. The maximum atomic E-state index is 13.4. The topological polar surface area (TPSA) is 37.3 Å². The number of carboxylic acid groups (broad SMARTS) is 1. The number of rotatable bonds is 4. The lowest BCUT2D eigenvalue weighted by Gasteiger charge is -2.11. The number of aromatic carboxylic acids is 1. The Labute approximate surface area is 117 Å². The second kappa shape index (κ2) is 6.24. The Bertz CT molecular complexity index is 588. The van der Waals surface area contributed by atoms with E-state index in [0.717, 1.165) is 12.1 Å². The third-order valence-electron chi connectivity index (χ3n) is 3.12. The molecule has 0 saturated carbocycles. The van der Waals surface area contributed by atoms with E-state index in [1.54, 1.807) is 0 Å². The van der Waals surface area contributed by atoms with E-state index in [1.807, 2.05) is 0 Å².